The molecule has 0 unspecified atom stereocenters. The lowest BCUT2D eigenvalue weighted by atomic mass is 9.80. The average molecular weight is 338 g/mol. The van der Waals surface area contributed by atoms with E-state index in [1.165, 1.54) is 30.3 Å². The molecule has 1 saturated carbocycles. The molecule has 0 heterocycles. The number of ether oxygens (including phenoxy) is 1. The zero-order valence-corrected chi connectivity index (χ0v) is 12.6. The summed E-state index contributed by atoms with van der Waals surface area (Å²) in [5.41, 5.74) is -1.69. The van der Waals surface area contributed by atoms with Crippen LogP contribution in [0.2, 0.25) is 0 Å². The molecule has 0 radical (unpaired) electrons. The van der Waals surface area contributed by atoms with E-state index in [1.807, 2.05) is 0 Å². The zero-order valence-electron chi connectivity index (χ0n) is 12.6. The first-order valence-electron chi connectivity index (χ1n) is 7.21. The number of rotatable bonds is 3. The van der Waals surface area contributed by atoms with Gasteiger partial charge in [-0.25, -0.2) is 9.59 Å². The molecule has 130 valence electrons. The highest BCUT2D eigenvalue weighted by Gasteiger charge is 2.49. The Balaban J connectivity index is 1.98. The van der Waals surface area contributed by atoms with Gasteiger partial charge in [-0.3, -0.25) is 0 Å². The molecule has 8 heteroatoms. The normalized spacial score (nSPS) is 30.2. The van der Waals surface area contributed by atoms with Gasteiger partial charge in [0.25, 0.3) is 0 Å². The number of carbonyl (C=O) groups is 2. The van der Waals surface area contributed by atoms with Crippen LogP contribution in [0.1, 0.15) is 18.4 Å². The fourth-order valence-corrected chi connectivity index (χ4v) is 2.41. The summed E-state index contributed by atoms with van der Waals surface area (Å²) in [5.74, 6) is -2.30. The summed E-state index contributed by atoms with van der Waals surface area (Å²) in [4.78, 5) is 23.6. The van der Waals surface area contributed by atoms with Crippen LogP contribution in [0.3, 0.4) is 0 Å². The summed E-state index contributed by atoms with van der Waals surface area (Å²) in [7, 11) is 0. The van der Waals surface area contributed by atoms with Gasteiger partial charge in [0.2, 0.25) is 0 Å². The number of aliphatic hydroxyl groups is 4. The predicted molar refractivity (Wildman–Crippen MR) is 80.4 cm³/mol. The maximum Gasteiger partial charge on any atom is 0.346 e. The molecule has 0 amide bonds. The Hall–Kier alpha value is -2.26. The highest BCUT2D eigenvalue weighted by atomic mass is 16.6. The van der Waals surface area contributed by atoms with Crippen molar-refractivity contribution >= 4 is 18.0 Å². The lowest BCUT2D eigenvalue weighted by Crippen LogP contribution is -2.56. The van der Waals surface area contributed by atoms with Crippen LogP contribution in [-0.2, 0) is 14.3 Å². The summed E-state index contributed by atoms with van der Waals surface area (Å²) in [6, 6.07) is 5.89. The number of aromatic hydroxyl groups is 1. The third-order valence-corrected chi connectivity index (χ3v) is 3.76. The van der Waals surface area contributed by atoms with E-state index in [1.54, 1.807) is 0 Å². The van der Waals surface area contributed by atoms with Gasteiger partial charge in [-0.1, -0.05) is 12.1 Å². The Labute approximate surface area is 137 Å². The van der Waals surface area contributed by atoms with E-state index in [-0.39, 0.29) is 5.75 Å². The number of aliphatic hydroxyl groups excluding tert-OH is 3. The number of esters is 2. The molecule has 2 rings (SSSR count). The van der Waals surface area contributed by atoms with Crippen molar-refractivity contribution in [2.75, 3.05) is 0 Å². The second-order valence-electron chi connectivity index (χ2n) is 5.70. The van der Waals surface area contributed by atoms with Gasteiger partial charge in [-0.15, -0.1) is 0 Å². The molecule has 24 heavy (non-hydrogen) atoms. The molecule has 1 aliphatic carbocycles. The average Bonchev–Trinajstić information content (AvgIpc) is 2.52. The van der Waals surface area contributed by atoms with Crippen molar-refractivity contribution in [3.63, 3.8) is 0 Å². The Bertz CT molecular complexity index is 624. The molecular formula is C16H18O8. The van der Waals surface area contributed by atoms with Gasteiger partial charge in [0.1, 0.15) is 11.9 Å². The molecule has 1 aliphatic rings. The maximum absolute atomic E-state index is 11.9. The van der Waals surface area contributed by atoms with Crippen LogP contribution in [0.4, 0.5) is 0 Å². The summed E-state index contributed by atoms with van der Waals surface area (Å²) in [6.45, 7) is 0. The zero-order chi connectivity index (χ0) is 17.9. The van der Waals surface area contributed by atoms with Gasteiger partial charge in [0.05, 0.1) is 12.2 Å². The van der Waals surface area contributed by atoms with Crippen LogP contribution >= 0.6 is 0 Å². The number of phenolic OH excluding ortho intramolecular Hbond substituents is 1. The van der Waals surface area contributed by atoms with Crippen molar-refractivity contribution in [1.82, 2.24) is 0 Å². The van der Waals surface area contributed by atoms with E-state index in [2.05, 4.69) is 4.74 Å². The molecule has 0 spiro atoms. The van der Waals surface area contributed by atoms with Gasteiger partial charge in [-0.2, -0.15) is 0 Å². The standard InChI is InChI=1S/C16H18O8/c17-10-4-1-9(2-5-10)3-6-13(20)24-15(22)16(23)7-11(18)14(21)12(19)8-16/h1-6,11-12,14,17-19,21,23H,7-8H2/t11-,12-,14?,16?/m1/s1. The molecule has 1 aromatic carbocycles. The SMILES string of the molecule is O=C(C=Cc1ccc(O)cc1)OC(=O)C1(O)C[C@@H](O)C(O)[C@H](O)C1. The van der Waals surface area contributed by atoms with E-state index < -0.39 is 48.7 Å². The highest BCUT2D eigenvalue weighted by molar-refractivity contribution is 5.97. The first-order chi connectivity index (χ1) is 11.2. The fraction of sp³-hybridized carbons (Fsp3) is 0.375. The number of hydrogen-bond acceptors (Lipinski definition) is 8. The van der Waals surface area contributed by atoms with Crippen molar-refractivity contribution in [2.24, 2.45) is 0 Å². The van der Waals surface area contributed by atoms with Gasteiger partial charge in [0, 0.05) is 18.9 Å². The summed E-state index contributed by atoms with van der Waals surface area (Å²) >= 11 is 0. The molecular weight excluding hydrogens is 320 g/mol. The van der Waals surface area contributed by atoms with Crippen LogP contribution < -0.4 is 0 Å². The Morgan fingerprint density at radius 2 is 1.62 bits per heavy atom. The molecule has 0 aliphatic heterocycles. The first-order valence-corrected chi connectivity index (χ1v) is 7.21. The van der Waals surface area contributed by atoms with Crippen LogP contribution in [-0.4, -0.2) is 61.4 Å². The van der Waals surface area contributed by atoms with Crippen LogP contribution in [0.15, 0.2) is 30.3 Å². The summed E-state index contributed by atoms with van der Waals surface area (Å²) in [6.07, 6.45) is -3.34. The molecule has 8 nitrogen and oxygen atoms in total. The number of hydrogen-bond donors (Lipinski definition) is 5. The van der Waals surface area contributed by atoms with Crippen molar-refractivity contribution in [3.8, 4) is 5.75 Å². The van der Waals surface area contributed by atoms with E-state index in [0.29, 0.717) is 5.56 Å². The monoisotopic (exact) mass is 338 g/mol. The van der Waals surface area contributed by atoms with Gasteiger partial charge in [0.15, 0.2) is 5.60 Å². The van der Waals surface area contributed by atoms with Gasteiger partial charge >= 0.3 is 11.9 Å². The maximum atomic E-state index is 11.9. The lowest BCUT2D eigenvalue weighted by Gasteiger charge is -2.38. The van der Waals surface area contributed by atoms with Crippen LogP contribution in [0, 0.1) is 0 Å². The Kier molecular flexibility index (Phi) is 5.35. The van der Waals surface area contributed by atoms with E-state index >= 15 is 0 Å². The molecule has 1 aromatic rings. The third-order valence-electron chi connectivity index (χ3n) is 3.76. The Morgan fingerprint density at radius 3 is 2.17 bits per heavy atom. The number of benzene rings is 1. The molecule has 2 atom stereocenters. The minimum Gasteiger partial charge on any atom is -0.508 e. The topological polar surface area (TPSA) is 145 Å². The van der Waals surface area contributed by atoms with Crippen LogP contribution in [0.5, 0.6) is 5.75 Å². The molecule has 0 aromatic heterocycles. The van der Waals surface area contributed by atoms with Gasteiger partial charge < -0.3 is 30.3 Å². The van der Waals surface area contributed by atoms with E-state index in [9.17, 15) is 30.0 Å². The van der Waals surface area contributed by atoms with Crippen LogP contribution in [0.25, 0.3) is 6.08 Å². The lowest BCUT2D eigenvalue weighted by molar-refractivity contribution is -0.193. The number of carbonyl (C=O) groups excluding carboxylic acids is 2. The van der Waals surface area contributed by atoms with E-state index in [4.69, 9.17) is 5.11 Å². The van der Waals surface area contributed by atoms with Crippen molar-refractivity contribution in [3.05, 3.63) is 35.9 Å². The third kappa shape index (κ3) is 4.18. The smallest absolute Gasteiger partial charge is 0.346 e. The van der Waals surface area contributed by atoms with Crippen molar-refractivity contribution in [2.45, 2.75) is 36.8 Å². The minimum atomic E-state index is -2.26. The van der Waals surface area contributed by atoms with Crippen molar-refractivity contribution in [1.29, 1.82) is 0 Å². The molecule has 5 N–H and O–H groups in total. The Morgan fingerprint density at radius 1 is 1.08 bits per heavy atom. The second-order valence-corrected chi connectivity index (χ2v) is 5.70. The first kappa shape index (κ1) is 18.1. The second kappa shape index (κ2) is 7.10. The minimum absolute atomic E-state index is 0.0590. The fourth-order valence-electron chi connectivity index (χ4n) is 2.41. The predicted octanol–water partition coefficient (Wildman–Crippen LogP) is -0.917. The highest BCUT2D eigenvalue weighted by Crippen LogP contribution is 2.30. The largest absolute Gasteiger partial charge is 0.508 e. The number of phenols is 1. The van der Waals surface area contributed by atoms with Crippen molar-refractivity contribution < 1.29 is 39.9 Å². The molecule has 0 bridgehead atoms. The summed E-state index contributed by atoms with van der Waals surface area (Å²) in [5, 5.41) is 47.8. The van der Waals surface area contributed by atoms with Gasteiger partial charge in [-0.05, 0) is 23.8 Å². The van der Waals surface area contributed by atoms with E-state index in [0.717, 1.165) is 6.08 Å². The summed E-state index contributed by atoms with van der Waals surface area (Å²) < 4.78 is 4.50. The quantitative estimate of drug-likeness (QED) is 0.270. The molecule has 0 saturated heterocycles. The molecule has 1 fully saturated rings.